The molecule has 0 aromatic heterocycles. The summed E-state index contributed by atoms with van der Waals surface area (Å²) in [6.45, 7) is 1.76. The number of ether oxygens (including phenoxy) is 2. The Balaban J connectivity index is 1.60. The van der Waals surface area contributed by atoms with E-state index in [1.54, 1.807) is 30.0 Å². The van der Waals surface area contributed by atoms with E-state index in [-0.39, 0.29) is 17.4 Å². The number of amides is 1. The van der Waals surface area contributed by atoms with Crippen molar-refractivity contribution in [1.82, 2.24) is 4.90 Å². The van der Waals surface area contributed by atoms with Gasteiger partial charge in [0.1, 0.15) is 0 Å². The predicted octanol–water partition coefficient (Wildman–Crippen LogP) is 4.70. The molecule has 30 heavy (non-hydrogen) atoms. The second-order valence-corrected chi connectivity index (χ2v) is 7.08. The molecule has 8 heteroatoms. The summed E-state index contributed by atoms with van der Waals surface area (Å²) >= 11 is 6.05. The van der Waals surface area contributed by atoms with Gasteiger partial charge in [0.15, 0.2) is 11.5 Å². The Labute approximate surface area is 179 Å². The Bertz CT molecular complexity index is 900. The van der Waals surface area contributed by atoms with Gasteiger partial charge < -0.3 is 19.3 Å². The molecule has 160 valence electrons. The van der Waals surface area contributed by atoms with Crippen LogP contribution in [0.4, 0.5) is 14.5 Å². The number of nitrogens with zero attached hydrogens (tertiary/aromatic N) is 2. The zero-order chi connectivity index (χ0) is 21.5. The predicted molar refractivity (Wildman–Crippen MR) is 114 cm³/mol. The van der Waals surface area contributed by atoms with E-state index in [1.807, 2.05) is 24.3 Å². The molecule has 2 aromatic rings. The summed E-state index contributed by atoms with van der Waals surface area (Å²) < 4.78 is 34.8. The minimum Gasteiger partial charge on any atom is -0.490 e. The zero-order valence-electron chi connectivity index (χ0n) is 16.6. The molecule has 0 bridgehead atoms. The van der Waals surface area contributed by atoms with Crippen LogP contribution < -0.4 is 14.4 Å². The number of hydrogen-bond donors (Lipinski definition) is 0. The standard InChI is InChI=1S/C22H23ClF2N2O3/c1-2-29-20-14-16(6-8-19(20)30-22(24)25)7-9-21(28)27-12-10-26(11-13-27)18-5-3-4-17(23)15-18/h3-9,14-15,22H,2,10-13H2,1H3/b9-7+. The molecule has 1 heterocycles. The maximum atomic E-state index is 12.5. The van der Waals surface area contributed by atoms with Crippen molar-refractivity contribution in [3.63, 3.8) is 0 Å². The molecule has 0 aliphatic carbocycles. The molecule has 1 saturated heterocycles. The molecule has 0 spiro atoms. The van der Waals surface area contributed by atoms with Crippen molar-refractivity contribution in [2.24, 2.45) is 0 Å². The average molecular weight is 437 g/mol. The molecular formula is C22H23ClF2N2O3. The largest absolute Gasteiger partial charge is 0.490 e. The molecule has 3 rings (SSSR count). The van der Waals surface area contributed by atoms with Gasteiger partial charge in [0.2, 0.25) is 5.91 Å². The van der Waals surface area contributed by atoms with Crippen LogP contribution in [0.2, 0.25) is 5.02 Å². The molecule has 2 aromatic carbocycles. The molecule has 0 N–H and O–H groups in total. The second kappa shape index (κ2) is 10.3. The summed E-state index contributed by atoms with van der Waals surface area (Å²) in [6.07, 6.45) is 3.12. The zero-order valence-corrected chi connectivity index (χ0v) is 17.3. The molecule has 1 aliphatic heterocycles. The summed E-state index contributed by atoms with van der Waals surface area (Å²) in [5.41, 5.74) is 1.70. The van der Waals surface area contributed by atoms with Crippen molar-refractivity contribution in [3.8, 4) is 11.5 Å². The normalized spacial score (nSPS) is 14.4. The Morgan fingerprint density at radius 1 is 1.13 bits per heavy atom. The van der Waals surface area contributed by atoms with Crippen LogP contribution >= 0.6 is 11.6 Å². The van der Waals surface area contributed by atoms with Crippen LogP contribution in [0, 0.1) is 0 Å². The first-order valence-corrected chi connectivity index (χ1v) is 10.0. The lowest BCUT2D eigenvalue weighted by Gasteiger charge is -2.35. The number of benzene rings is 2. The topological polar surface area (TPSA) is 42.0 Å². The SMILES string of the molecule is CCOc1cc(/C=C/C(=O)N2CCN(c3cccc(Cl)c3)CC2)ccc1OC(F)F. The van der Waals surface area contributed by atoms with E-state index in [9.17, 15) is 13.6 Å². The maximum absolute atomic E-state index is 12.5. The van der Waals surface area contributed by atoms with Gasteiger partial charge in [-0.1, -0.05) is 23.7 Å². The molecule has 1 fully saturated rings. The van der Waals surface area contributed by atoms with Crippen molar-refractivity contribution < 1.29 is 23.0 Å². The monoisotopic (exact) mass is 436 g/mol. The fourth-order valence-electron chi connectivity index (χ4n) is 3.22. The van der Waals surface area contributed by atoms with Crippen molar-refractivity contribution >= 4 is 29.3 Å². The van der Waals surface area contributed by atoms with Crippen molar-refractivity contribution in [1.29, 1.82) is 0 Å². The average Bonchev–Trinajstić information content (AvgIpc) is 2.73. The fourth-order valence-corrected chi connectivity index (χ4v) is 3.41. The lowest BCUT2D eigenvalue weighted by Crippen LogP contribution is -2.48. The first-order chi connectivity index (χ1) is 14.5. The number of piperazine rings is 1. The van der Waals surface area contributed by atoms with E-state index < -0.39 is 6.61 Å². The van der Waals surface area contributed by atoms with Crippen molar-refractivity contribution in [3.05, 3.63) is 59.1 Å². The Kier molecular flexibility index (Phi) is 7.52. The number of carbonyl (C=O) groups is 1. The highest BCUT2D eigenvalue weighted by Crippen LogP contribution is 2.30. The molecule has 5 nitrogen and oxygen atoms in total. The molecule has 0 saturated carbocycles. The first-order valence-electron chi connectivity index (χ1n) is 9.65. The van der Waals surface area contributed by atoms with E-state index >= 15 is 0 Å². The lowest BCUT2D eigenvalue weighted by atomic mass is 10.1. The third kappa shape index (κ3) is 5.86. The van der Waals surface area contributed by atoms with Crippen LogP contribution in [0.1, 0.15) is 12.5 Å². The molecule has 0 unspecified atom stereocenters. The molecule has 0 radical (unpaired) electrons. The molecule has 1 aliphatic rings. The van der Waals surface area contributed by atoms with E-state index in [0.29, 0.717) is 43.4 Å². The lowest BCUT2D eigenvalue weighted by molar-refractivity contribution is -0.126. The maximum Gasteiger partial charge on any atom is 0.387 e. The van der Waals surface area contributed by atoms with Gasteiger partial charge in [-0.25, -0.2) is 0 Å². The summed E-state index contributed by atoms with van der Waals surface area (Å²) in [5, 5.41) is 0.685. The van der Waals surface area contributed by atoms with Crippen LogP contribution in [0.3, 0.4) is 0 Å². The summed E-state index contributed by atoms with van der Waals surface area (Å²) in [4.78, 5) is 16.5. The van der Waals surface area contributed by atoms with Crippen molar-refractivity contribution in [2.75, 3.05) is 37.7 Å². The number of hydrogen-bond acceptors (Lipinski definition) is 4. The van der Waals surface area contributed by atoms with Gasteiger partial charge in [-0.05, 0) is 48.9 Å². The highest BCUT2D eigenvalue weighted by Gasteiger charge is 2.20. The summed E-state index contributed by atoms with van der Waals surface area (Å²) in [6, 6.07) is 12.2. The van der Waals surface area contributed by atoms with Crippen LogP contribution in [0.5, 0.6) is 11.5 Å². The van der Waals surface area contributed by atoms with Crippen LogP contribution in [-0.4, -0.2) is 50.2 Å². The summed E-state index contributed by atoms with van der Waals surface area (Å²) in [7, 11) is 0. The van der Waals surface area contributed by atoms with E-state index in [0.717, 1.165) is 5.69 Å². The summed E-state index contributed by atoms with van der Waals surface area (Å²) in [5.74, 6) is 0.0709. The Hall–Kier alpha value is -2.80. The Morgan fingerprint density at radius 3 is 2.57 bits per heavy atom. The fraction of sp³-hybridized carbons (Fsp3) is 0.318. The third-order valence-electron chi connectivity index (χ3n) is 4.67. The minimum absolute atomic E-state index is 0.0348. The number of anilines is 1. The molecule has 1 amide bonds. The minimum atomic E-state index is -2.93. The van der Waals surface area contributed by atoms with Crippen LogP contribution in [0.15, 0.2) is 48.5 Å². The van der Waals surface area contributed by atoms with Crippen molar-refractivity contribution in [2.45, 2.75) is 13.5 Å². The van der Waals surface area contributed by atoms with E-state index in [4.69, 9.17) is 16.3 Å². The van der Waals surface area contributed by atoms with Crippen LogP contribution in [-0.2, 0) is 4.79 Å². The Morgan fingerprint density at radius 2 is 1.90 bits per heavy atom. The smallest absolute Gasteiger partial charge is 0.387 e. The van der Waals surface area contributed by atoms with E-state index in [2.05, 4.69) is 9.64 Å². The highest BCUT2D eigenvalue weighted by atomic mass is 35.5. The van der Waals surface area contributed by atoms with Gasteiger partial charge in [-0.15, -0.1) is 0 Å². The molecule has 0 atom stereocenters. The van der Waals surface area contributed by atoms with Gasteiger partial charge in [0.25, 0.3) is 0 Å². The van der Waals surface area contributed by atoms with Gasteiger partial charge in [-0.2, -0.15) is 8.78 Å². The second-order valence-electron chi connectivity index (χ2n) is 6.64. The van der Waals surface area contributed by atoms with Crippen LogP contribution in [0.25, 0.3) is 6.08 Å². The number of halogens is 3. The van der Waals surface area contributed by atoms with Gasteiger partial charge >= 0.3 is 6.61 Å². The van der Waals surface area contributed by atoms with Gasteiger partial charge in [0.05, 0.1) is 6.61 Å². The highest BCUT2D eigenvalue weighted by molar-refractivity contribution is 6.30. The first kappa shape index (κ1) is 21.9. The van der Waals surface area contributed by atoms with Gasteiger partial charge in [-0.3, -0.25) is 4.79 Å². The number of alkyl halides is 2. The number of rotatable bonds is 7. The molecular weight excluding hydrogens is 414 g/mol. The quantitative estimate of drug-likeness (QED) is 0.590. The third-order valence-corrected chi connectivity index (χ3v) is 4.90. The van der Waals surface area contributed by atoms with E-state index in [1.165, 1.54) is 12.1 Å². The number of carbonyl (C=O) groups excluding carboxylic acids is 1. The van der Waals surface area contributed by atoms with Gasteiger partial charge in [0, 0.05) is 43.0 Å².